The molecule has 0 aliphatic rings. The summed E-state index contributed by atoms with van der Waals surface area (Å²) in [5.41, 5.74) is 2.29. The highest BCUT2D eigenvalue weighted by molar-refractivity contribution is 5.96. The molecule has 6 heteroatoms. The van der Waals surface area contributed by atoms with Gasteiger partial charge < -0.3 is 20.1 Å². The number of carbonyl (C=O) groups excluding carboxylic acids is 1. The van der Waals surface area contributed by atoms with Crippen molar-refractivity contribution in [1.29, 1.82) is 0 Å². The zero-order valence-electron chi connectivity index (χ0n) is 15.8. The van der Waals surface area contributed by atoms with Crippen molar-refractivity contribution in [2.45, 2.75) is 46.1 Å². The average molecular weight is 358 g/mol. The van der Waals surface area contributed by atoms with Gasteiger partial charge in [-0.05, 0) is 50.5 Å². The van der Waals surface area contributed by atoms with E-state index in [4.69, 9.17) is 5.11 Å². The number of aliphatic hydroxyl groups is 1. The molecule has 2 rings (SSSR count). The molecular formula is C20H26N2O4. The van der Waals surface area contributed by atoms with Gasteiger partial charge in [0.1, 0.15) is 0 Å². The van der Waals surface area contributed by atoms with Crippen LogP contribution in [-0.4, -0.2) is 38.8 Å². The summed E-state index contributed by atoms with van der Waals surface area (Å²) in [4.78, 5) is 23.4. The van der Waals surface area contributed by atoms with E-state index in [-0.39, 0.29) is 6.54 Å². The Kier molecular flexibility index (Phi) is 5.56. The summed E-state index contributed by atoms with van der Waals surface area (Å²) in [7, 11) is 0. The van der Waals surface area contributed by atoms with Gasteiger partial charge in [-0.25, -0.2) is 4.79 Å². The largest absolute Gasteiger partial charge is 0.479 e. The Morgan fingerprint density at radius 1 is 1.23 bits per heavy atom. The second-order valence-electron chi connectivity index (χ2n) is 7.13. The topological polar surface area (TPSA) is 91.6 Å². The number of hydrogen-bond donors (Lipinski definition) is 3. The van der Waals surface area contributed by atoms with Crippen molar-refractivity contribution in [2.75, 3.05) is 6.54 Å². The van der Waals surface area contributed by atoms with Crippen LogP contribution >= 0.6 is 0 Å². The molecule has 0 saturated heterocycles. The van der Waals surface area contributed by atoms with Gasteiger partial charge in [0, 0.05) is 17.1 Å². The first-order valence-corrected chi connectivity index (χ1v) is 8.58. The number of aromatic nitrogens is 1. The number of amides is 1. The third-order valence-electron chi connectivity index (χ3n) is 4.52. The number of carboxylic acid groups (broad SMARTS) is 1. The van der Waals surface area contributed by atoms with Gasteiger partial charge in [0.2, 0.25) is 0 Å². The predicted octanol–water partition coefficient (Wildman–Crippen LogP) is 2.78. The lowest BCUT2D eigenvalue weighted by Crippen LogP contribution is -2.46. The lowest BCUT2D eigenvalue weighted by molar-refractivity contribution is -0.155. The summed E-state index contributed by atoms with van der Waals surface area (Å²) in [5, 5.41) is 21.2. The molecule has 0 aliphatic heterocycles. The number of carboxylic acids is 1. The molecule has 0 radical (unpaired) electrons. The fourth-order valence-electron chi connectivity index (χ4n) is 2.84. The molecule has 1 unspecified atom stereocenters. The van der Waals surface area contributed by atoms with Crippen molar-refractivity contribution in [3.63, 3.8) is 0 Å². The molecule has 0 spiro atoms. The number of aliphatic carboxylic acids is 1. The quantitative estimate of drug-likeness (QED) is 0.740. The molecule has 1 aromatic heterocycles. The van der Waals surface area contributed by atoms with Crippen molar-refractivity contribution in [2.24, 2.45) is 0 Å². The third kappa shape index (κ3) is 3.96. The Labute approximate surface area is 153 Å². The molecule has 0 fully saturated rings. The average Bonchev–Trinajstić information content (AvgIpc) is 2.87. The molecule has 1 heterocycles. The summed E-state index contributed by atoms with van der Waals surface area (Å²) in [6, 6.07) is 9.92. The van der Waals surface area contributed by atoms with Crippen molar-refractivity contribution >= 4 is 11.9 Å². The minimum Gasteiger partial charge on any atom is -0.479 e. The Hall–Kier alpha value is -2.60. The van der Waals surface area contributed by atoms with Crippen LogP contribution in [0.5, 0.6) is 0 Å². The monoisotopic (exact) mass is 358 g/mol. The molecule has 1 aromatic carbocycles. The molecule has 140 valence electrons. The molecule has 1 atom stereocenters. The summed E-state index contributed by atoms with van der Waals surface area (Å²) < 4.78 is 2.00. The first kappa shape index (κ1) is 19.7. The number of nitrogens with zero attached hydrogens (tertiary/aromatic N) is 1. The van der Waals surface area contributed by atoms with Crippen molar-refractivity contribution in [1.82, 2.24) is 9.88 Å². The van der Waals surface area contributed by atoms with E-state index in [9.17, 15) is 14.7 Å². The molecule has 6 nitrogen and oxygen atoms in total. The number of rotatable bonds is 6. The summed E-state index contributed by atoms with van der Waals surface area (Å²) >= 11 is 0. The summed E-state index contributed by atoms with van der Waals surface area (Å²) in [5.74, 6) is -1.40. The number of aryl methyl sites for hydroxylation is 1. The van der Waals surface area contributed by atoms with E-state index in [1.165, 1.54) is 5.56 Å². The van der Waals surface area contributed by atoms with Crippen LogP contribution in [0.25, 0.3) is 5.69 Å². The number of carbonyl (C=O) groups is 2. The van der Waals surface area contributed by atoms with Crippen LogP contribution in [-0.2, 0) is 4.79 Å². The maximum atomic E-state index is 12.5. The van der Waals surface area contributed by atoms with Gasteiger partial charge in [-0.2, -0.15) is 0 Å². The number of hydrogen-bond acceptors (Lipinski definition) is 3. The standard InChI is InChI=1S/C20H26N2O4/c1-12(2)15-7-6-8-16(10-15)22-13(3)9-17(14(22)4)18(23)21-11-20(5,26)19(24)25/h6-10,12,26H,11H2,1-5H3,(H,21,23)(H,24,25). The van der Waals surface area contributed by atoms with Gasteiger partial charge in [-0.15, -0.1) is 0 Å². The van der Waals surface area contributed by atoms with Gasteiger partial charge in [0.25, 0.3) is 5.91 Å². The molecule has 1 amide bonds. The minimum absolute atomic E-state index is 0.367. The molecule has 3 N–H and O–H groups in total. The Balaban J connectivity index is 2.32. The maximum Gasteiger partial charge on any atom is 0.337 e. The molecule has 0 bridgehead atoms. The van der Waals surface area contributed by atoms with E-state index >= 15 is 0 Å². The Morgan fingerprint density at radius 3 is 2.46 bits per heavy atom. The fourth-order valence-corrected chi connectivity index (χ4v) is 2.84. The van der Waals surface area contributed by atoms with Crippen LogP contribution < -0.4 is 5.32 Å². The van der Waals surface area contributed by atoms with Gasteiger partial charge in [-0.1, -0.05) is 26.0 Å². The van der Waals surface area contributed by atoms with E-state index in [0.717, 1.165) is 24.0 Å². The molecule has 0 saturated carbocycles. The van der Waals surface area contributed by atoms with Crippen LogP contribution in [0.2, 0.25) is 0 Å². The molecule has 26 heavy (non-hydrogen) atoms. The molecular weight excluding hydrogens is 332 g/mol. The number of benzene rings is 1. The van der Waals surface area contributed by atoms with Crippen LogP contribution in [0, 0.1) is 13.8 Å². The summed E-state index contributed by atoms with van der Waals surface area (Å²) in [6.45, 7) is 8.80. The highest BCUT2D eigenvalue weighted by Gasteiger charge is 2.30. The zero-order chi connectivity index (χ0) is 19.6. The van der Waals surface area contributed by atoms with Crippen LogP contribution in [0.4, 0.5) is 0 Å². The maximum absolute atomic E-state index is 12.5. The van der Waals surface area contributed by atoms with E-state index in [2.05, 4.69) is 31.3 Å². The number of nitrogens with one attached hydrogen (secondary N) is 1. The summed E-state index contributed by atoms with van der Waals surface area (Å²) in [6.07, 6.45) is 0. The fraction of sp³-hybridized carbons (Fsp3) is 0.400. The first-order chi connectivity index (χ1) is 12.0. The normalized spacial score (nSPS) is 13.5. The van der Waals surface area contributed by atoms with Gasteiger partial charge in [0.05, 0.1) is 12.1 Å². The molecule has 0 aliphatic carbocycles. The van der Waals surface area contributed by atoms with Crippen molar-refractivity contribution in [3.05, 3.63) is 52.8 Å². The van der Waals surface area contributed by atoms with Gasteiger partial charge >= 0.3 is 5.97 Å². The highest BCUT2D eigenvalue weighted by Crippen LogP contribution is 2.24. The first-order valence-electron chi connectivity index (χ1n) is 8.58. The Bertz CT molecular complexity index is 834. The van der Waals surface area contributed by atoms with Crippen LogP contribution in [0.3, 0.4) is 0 Å². The van der Waals surface area contributed by atoms with Crippen LogP contribution in [0.1, 0.15) is 54.0 Å². The zero-order valence-corrected chi connectivity index (χ0v) is 15.8. The van der Waals surface area contributed by atoms with E-state index in [1.54, 1.807) is 6.07 Å². The minimum atomic E-state index is -2.01. The SMILES string of the molecule is Cc1cc(C(=O)NCC(C)(O)C(=O)O)c(C)n1-c1cccc(C(C)C)c1. The smallest absolute Gasteiger partial charge is 0.337 e. The molecule has 2 aromatic rings. The predicted molar refractivity (Wildman–Crippen MR) is 99.9 cm³/mol. The van der Waals surface area contributed by atoms with E-state index < -0.39 is 17.5 Å². The third-order valence-corrected chi connectivity index (χ3v) is 4.52. The highest BCUT2D eigenvalue weighted by atomic mass is 16.4. The second kappa shape index (κ2) is 7.33. The van der Waals surface area contributed by atoms with Gasteiger partial charge in [-0.3, -0.25) is 4.79 Å². The van der Waals surface area contributed by atoms with Crippen molar-refractivity contribution in [3.8, 4) is 5.69 Å². The second-order valence-corrected chi connectivity index (χ2v) is 7.13. The van der Waals surface area contributed by atoms with Gasteiger partial charge in [0.15, 0.2) is 5.60 Å². The lowest BCUT2D eigenvalue weighted by Gasteiger charge is -2.18. The van der Waals surface area contributed by atoms with E-state index in [0.29, 0.717) is 11.5 Å². The van der Waals surface area contributed by atoms with Crippen LogP contribution in [0.15, 0.2) is 30.3 Å². The van der Waals surface area contributed by atoms with E-state index in [1.807, 2.05) is 30.5 Å². The Morgan fingerprint density at radius 2 is 1.88 bits per heavy atom. The lowest BCUT2D eigenvalue weighted by atomic mass is 10.0. The van der Waals surface area contributed by atoms with Crippen molar-refractivity contribution < 1.29 is 19.8 Å².